The van der Waals surface area contributed by atoms with Crippen molar-refractivity contribution in [1.29, 1.82) is 5.41 Å². The third-order valence-electron chi connectivity index (χ3n) is 2.75. The lowest BCUT2D eigenvalue weighted by atomic mass is 10.1. The van der Waals surface area contributed by atoms with Crippen LogP contribution in [0.5, 0.6) is 0 Å². The van der Waals surface area contributed by atoms with Crippen LogP contribution in [0.15, 0.2) is 0 Å². The summed E-state index contributed by atoms with van der Waals surface area (Å²) in [5.41, 5.74) is -0.205. The average molecular weight is 225 g/mol. The van der Waals surface area contributed by atoms with Crippen molar-refractivity contribution in [2.75, 3.05) is 6.54 Å². The molecule has 0 aliphatic carbocycles. The van der Waals surface area contributed by atoms with Crippen molar-refractivity contribution in [3.63, 3.8) is 0 Å². The van der Waals surface area contributed by atoms with Crippen LogP contribution in [0, 0.1) is 5.41 Å². The van der Waals surface area contributed by atoms with E-state index >= 15 is 0 Å². The monoisotopic (exact) mass is 225 g/mol. The molecule has 2 N–H and O–H groups in total. The zero-order valence-corrected chi connectivity index (χ0v) is 10.8. The molecule has 92 valence electrons. The van der Waals surface area contributed by atoms with Gasteiger partial charge in [0.15, 0.2) is 0 Å². The van der Waals surface area contributed by atoms with Crippen molar-refractivity contribution < 1.29 is 4.79 Å². The minimum Gasteiger partial charge on any atom is -0.350 e. The Kier molecular flexibility index (Phi) is 3.94. The molecule has 0 aromatic rings. The Labute approximate surface area is 97.9 Å². The first-order chi connectivity index (χ1) is 7.31. The van der Waals surface area contributed by atoms with Crippen LogP contribution in [0.1, 0.15) is 47.0 Å². The number of likely N-dealkylation sites (tertiary alicyclic amines) is 1. The highest BCUT2D eigenvalue weighted by atomic mass is 16.2. The molecule has 1 fully saturated rings. The Morgan fingerprint density at radius 1 is 1.44 bits per heavy atom. The molecule has 1 aliphatic rings. The zero-order chi connectivity index (χ0) is 12.3. The summed E-state index contributed by atoms with van der Waals surface area (Å²) in [6.45, 7) is 8.62. The van der Waals surface area contributed by atoms with Gasteiger partial charge >= 0.3 is 0 Å². The fourth-order valence-electron chi connectivity index (χ4n) is 1.90. The fourth-order valence-corrected chi connectivity index (χ4v) is 1.90. The highest BCUT2D eigenvalue weighted by Crippen LogP contribution is 2.14. The summed E-state index contributed by atoms with van der Waals surface area (Å²) in [6.07, 6.45) is 2.95. The van der Waals surface area contributed by atoms with E-state index in [0.717, 1.165) is 25.8 Å². The van der Waals surface area contributed by atoms with E-state index < -0.39 is 0 Å². The second kappa shape index (κ2) is 4.85. The maximum atomic E-state index is 12.0. The molecule has 4 nitrogen and oxygen atoms in total. The predicted molar refractivity (Wildman–Crippen MR) is 65.6 cm³/mol. The lowest BCUT2D eigenvalue weighted by molar-refractivity contribution is -0.126. The number of rotatable bonds is 2. The molecule has 0 saturated carbocycles. The summed E-state index contributed by atoms with van der Waals surface area (Å²) < 4.78 is 0. The molecule has 0 aromatic heterocycles. The normalized spacial score (nSPS) is 19.5. The van der Waals surface area contributed by atoms with Gasteiger partial charge in [0.2, 0.25) is 5.91 Å². The largest absolute Gasteiger partial charge is 0.350 e. The zero-order valence-electron chi connectivity index (χ0n) is 10.8. The van der Waals surface area contributed by atoms with Gasteiger partial charge in [-0.05, 0) is 40.5 Å². The first kappa shape index (κ1) is 13.0. The lowest BCUT2D eigenvalue weighted by Crippen LogP contribution is -2.53. The van der Waals surface area contributed by atoms with Gasteiger partial charge in [0.25, 0.3) is 0 Å². The van der Waals surface area contributed by atoms with Gasteiger partial charge < -0.3 is 10.2 Å². The van der Waals surface area contributed by atoms with Gasteiger partial charge in [0, 0.05) is 18.5 Å². The summed E-state index contributed by atoms with van der Waals surface area (Å²) >= 11 is 0. The van der Waals surface area contributed by atoms with Crippen LogP contribution >= 0.6 is 0 Å². The maximum absolute atomic E-state index is 12.0. The molecular formula is C12H23N3O. The van der Waals surface area contributed by atoms with Gasteiger partial charge in [-0.3, -0.25) is 10.2 Å². The second-order valence-corrected chi connectivity index (χ2v) is 5.51. The summed E-state index contributed by atoms with van der Waals surface area (Å²) in [7, 11) is 0. The number of hydrogen-bond acceptors (Lipinski definition) is 2. The summed E-state index contributed by atoms with van der Waals surface area (Å²) in [5, 5.41) is 10.8. The minimum atomic E-state index is -0.230. The van der Waals surface area contributed by atoms with Gasteiger partial charge in [-0.1, -0.05) is 0 Å². The van der Waals surface area contributed by atoms with Gasteiger partial charge in [-0.2, -0.15) is 0 Å². The van der Waals surface area contributed by atoms with Crippen LogP contribution in [0.3, 0.4) is 0 Å². The van der Waals surface area contributed by atoms with Crippen LogP contribution in [-0.4, -0.2) is 34.8 Å². The van der Waals surface area contributed by atoms with E-state index in [4.69, 9.17) is 5.41 Å². The smallest absolute Gasteiger partial charge is 0.242 e. The SMILES string of the molecule is CC(C(=O)NC(C)(C)C)N1CCCCC1=N. The Morgan fingerprint density at radius 3 is 2.56 bits per heavy atom. The molecule has 1 unspecified atom stereocenters. The molecule has 4 heteroatoms. The highest BCUT2D eigenvalue weighted by Gasteiger charge is 2.27. The fraction of sp³-hybridized carbons (Fsp3) is 0.833. The molecule has 1 rings (SSSR count). The van der Waals surface area contributed by atoms with Gasteiger partial charge in [-0.25, -0.2) is 0 Å². The topological polar surface area (TPSA) is 56.2 Å². The molecule has 1 aliphatic heterocycles. The van der Waals surface area contributed by atoms with Crippen molar-refractivity contribution in [2.24, 2.45) is 0 Å². The molecular weight excluding hydrogens is 202 g/mol. The Bertz CT molecular complexity index is 280. The Hall–Kier alpha value is -1.06. The van der Waals surface area contributed by atoms with Crippen molar-refractivity contribution >= 4 is 11.7 Å². The Morgan fingerprint density at radius 2 is 2.06 bits per heavy atom. The van der Waals surface area contributed by atoms with Crippen molar-refractivity contribution in [1.82, 2.24) is 10.2 Å². The van der Waals surface area contributed by atoms with Crippen LogP contribution in [-0.2, 0) is 4.79 Å². The predicted octanol–water partition coefficient (Wildman–Crippen LogP) is 1.75. The van der Waals surface area contributed by atoms with Crippen molar-refractivity contribution in [3.05, 3.63) is 0 Å². The summed E-state index contributed by atoms with van der Waals surface area (Å²) in [4.78, 5) is 13.9. The van der Waals surface area contributed by atoms with E-state index in [2.05, 4.69) is 5.32 Å². The van der Waals surface area contributed by atoms with Crippen LogP contribution < -0.4 is 5.32 Å². The van der Waals surface area contributed by atoms with E-state index in [9.17, 15) is 4.79 Å². The third kappa shape index (κ3) is 3.51. The number of carbonyl (C=O) groups is 1. The molecule has 0 bridgehead atoms. The van der Waals surface area contributed by atoms with Crippen LogP contribution in [0.25, 0.3) is 0 Å². The van der Waals surface area contributed by atoms with E-state index in [1.165, 1.54) is 0 Å². The molecule has 1 atom stereocenters. The van der Waals surface area contributed by atoms with Crippen LogP contribution in [0.2, 0.25) is 0 Å². The molecule has 0 spiro atoms. The van der Waals surface area contributed by atoms with Crippen molar-refractivity contribution in [2.45, 2.75) is 58.5 Å². The molecule has 16 heavy (non-hydrogen) atoms. The molecule has 1 amide bonds. The molecule has 0 radical (unpaired) electrons. The number of nitrogens with one attached hydrogen (secondary N) is 2. The van der Waals surface area contributed by atoms with E-state index in [1.807, 2.05) is 32.6 Å². The second-order valence-electron chi connectivity index (χ2n) is 5.51. The van der Waals surface area contributed by atoms with Gasteiger partial charge in [0.05, 0.1) is 5.84 Å². The molecule has 1 heterocycles. The quantitative estimate of drug-likeness (QED) is 0.752. The van der Waals surface area contributed by atoms with E-state index in [-0.39, 0.29) is 17.5 Å². The van der Waals surface area contributed by atoms with E-state index in [1.54, 1.807) is 0 Å². The van der Waals surface area contributed by atoms with E-state index in [0.29, 0.717) is 5.84 Å². The number of carbonyl (C=O) groups excluding carboxylic acids is 1. The first-order valence-electron chi connectivity index (χ1n) is 5.97. The van der Waals surface area contributed by atoms with Crippen molar-refractivity contribution in [3.8, 4) is 0 Å². The number of nitrogens with zero attached hydrogens (tertiary/aromatic N) is 1. The highest BCUT2D eigenvalue weighted by molar-refractivity contribution is 5.89. The third-order valence-corrected chi connectivity index (χ3v) is 2.75. The summed E-state index contributed by atoms with van der Waals surface area (Å²) in [6, 6.07) is -0.230. The van der Waals surface area contributed by atoms with Gasteiger partial charge in [0.1, 0.15) is 6.04 Å². The number of amides is 1. The first-order valence-corrected chi connectivity index (χ1v) is 5.97. The number of amidine groups is 1. The van der Waals surface area contributed by atoms with Gasteiger partial charge in [-0.15, -0.1) is 0 Å². The lowest BCUT2D eigenvalue weighted by Gasteiger charge is -2.35. The summed E-state index contributed by atoms with van der Waals surface area (Å²) in [5.74, 6) is 0.613. The number of piperidine rings is 1. The maximum Gasteiger partial charge on any atom is 0.242 e. The standard InChI is InChI=1S/C12H23N3O/c1-9(11(16)14-12(2,3)4)15-8-6-5-7-10(15)13/h9,13H,5-8H2,1-4H3,(H,14,16). The Balaban J connectivity index is 2.59. The van der Waals surface area contributed by atoms with Crippen LogP contribution in [0.4, 0.5) is 0 Å². The minimum absolute atomic E-state index is 0.0131. The number of hydrogen-bond donors (Lipinski definition) is 2. The average Bonchev–Trinajstić information content (AvgIpc) is 2.15. The molecule has 1 saturated heterocycles. The molecule has 0 aromatic carbocycles.